The maximum absolute atomic E-state index is 12.0. The molecule has 0 spiro atoms. The molecule has 23 nitrogen and oxygen atoms in total. The van der Waals surface area contributed by atoms with Gasteiger partial charge in [0.15, 0.2) is 30.9 Å². The first-order valence-corrected chi connectivity index (χ1v) is 27.0. The number of ether oxygens (including phenoxy) is 10. The van der Waals surface area contributed by atoms with Gasteiger partial charge in [-0.25, -0.2) is 0 Å². The van der Waals surface area contributed by atoms with E-state index in [1.54, 1.807) is 0 Å². The van der Waals surface area contributed by atoms with Gasteiger partial charge >= 0.3 is 0 Å². The molecule has 29 unspecified atom stereocenters. The molecular weight excluding hydrogens is 981 g/mol. The maximum atomic E-state index is 12.0. The first kappa shape index (κ1) is 57.5. The van der Waals surface area contributed by atoms with Crippen LogP contribution in [0.2, 0.25) is 0 Å². The van der Waals surface area contributed by atoms with E-state index >= 15 is 0 Å². The molecule has 8 fully saturated rings. The summed E-state index contributed by atoms with van der Waals surface area (Å²) in [5.74, 6) is -1.61. The van der Waals surface area contributed by atoms with E-state index in [1.807, 2.05) is 13.8 Å². The van der Waals surface area contributed by atoms with Gasteiger partial charge in [0.1, 0.15) is 85.0 Å². The van der Waals surface area contributed by atoms with Gasteiger partial charge in [0, 0.05) is 18.9 Å². The molecule has 2 saturated carbocycles. The van der Waals surface area contributed by atoms with E-state index in [2.05, 4.69) is 19.9 Å². The van der Waals surface area contributed by atoms with Crippen molar-refractivity contribution in [2.75, 3.05) is 33.0 Å². The summed E-state index contributed by atoms with van der Waals surface area (Å²) >= 11 is 0. The summed E-state index contributed by atoms with van der Waals surface area (Å²) in [6, 6.07) is 0. The highest BCUT2D eigenvalue weighted by molar-refractivity contribution is 5.24. The van der Waals surface area contributed by atoms with Gasteiger partial charge in [0.25, 0.3) is 0 Å². The Morgan fingerprint density at radius 1 is 0.757 bits per heavy atom. The van der Waals surface area contributed by atoms with Gasteiger partial charge in [-0.1, -0.05) is 45.8 Å². The third-order valence-electron chi connectivity index (χ3n) is 18.8. The van der Waals surface area contributed by atoms with Gasteiger partial charge in [0.05, 0.1) is 38.6 Å². The Bertz CT molecular complexity index is 1920. The highest BCUT2D eigenvalue weighted by Crippen LogP contribution is 2.60. The van der Waals surface area contributed by atoms with Crippen molar-refractivity contribution in [3.63, 3.8) is 0 Å². The molecular formula is C51H84O23. The SMILES string of the molecule is CC(CCC1(O)OC(CC2C(C)CCC3C2CC=C2CC(OC4OC(CO)C(OC5OC(C)C6(O)OC6C5O)C(O)C4OC4OC(O)C(O)C(O)C4O)CCC23C)CC1C)COCC1(O)COC(CO)C(O)C1O. The number of fused-ring (bicyclic) bond motifs is 4. The molecule has 6 heterocycles. The summed E-state index contributed by atoms with van der Waals surface area (Å²) in [4.78, 5) is 0. The van der Waals surface area contributed by atoms with Gasteiger partial charge in [-0.05, 0) is 93.3 Å². The zero-order valence-electron chi connectivity index (χ0n) is 43.0. The molecule has 74 heavy (non-hydrogen) atoms. The summed E-state index contributed by atoms with van der Waals surface area (Å²) < 4.78 is 59.1. The summed E-state index contributed by atoms with van der Waals surface area (Å²) in [6.45, 7) is 8.65. The molecule has 23 heteroatoms. The van der Waals surface area contributed by atoms with E-state index in [4.69, 9.17) is 47.4 Å². The average Bonchev–Trinajstić information content (AvgIpc) is 4.00. The summed E-state index contributed by atoms with van der Waals surface area (Å²) in [5.41, 5.74) is -0.737. The molecule has 0 aromatic carbocycles. The number of epoxide rings is 1. The quantitative estimate of drug-likeness (QED) is 0.0541. The molecule has 3 aliphatic carbocycles. The molecule has 6 saturated heterocycles. The number of hydrogen-bond donors (Lipinski definition) is 13. The van der Waals surface area contributed by atoms with Crippen LogP contribution in [0.25, 0.3) is 0 Å². The summed E-state index contributed by atoms with van der Waals surface area (Å²) in [7, 11) is 0. The number of aliphatic hydroxyl groups is 13. The minimum atomic E-state index is -1.96. The van der Waals surface area contributed by atoms with Crippen molar-refractivity contribution < 1.29 is 114 Å². The van der Waals surface area contributed by atoms with Crippen molar-refractivity contribution in [2.45, 2.75) is 233 Å². The van der Waals surface area contributed by atoms with Crippen LogP contribution in [0.15, 0.2) is 11.6 Å². The van der Waals surface area contributed by atoms with Gasteiger partial charge < -0.3 is 114 Å². The third kappa shape index (κ3) is 10.9. The second-order valence-corrected chi connectivity index (χ2v) is 23.8. The molecule has 13 N–H and O–H groups in total. The Labute approximate surface area is 431 Å². The largest absolute Gasteiger partial charge is 0.394 e. The van der Waals surface area contributed by atoms with Crippen LogP contribution in [0.4, 0.5) is 0 Å². The van der Waals surface area contributed by atoms with Crippen LogP contribution in [-0.4, -0.2) is 233 Å². The van der Waals surface area contributed by atoms with Crippen LogP contribution in [0.5, 0.6) is 0 Å². The van der Waals surface area contributed by atoms with Crippen molar-refractivity contribution in [2.24, 2.45) is 40.9 Å². The monoisotopic (exact) mass is 1060 g/mol. The predicted molar refractivity (Wildman–Crippen MR) is 250 cm³/mol. The number of hydrogen-bond acceptors (Lipinski definition) is 23. The van der Waals surface area contributed by atoms with E-state index in [1.165, 1.54) is 12.5 Å². The molecule has 0 amide bonds. The summed E-state index contributed by atoms with van der Waals surface area (Å²) in [6.07, 6.45) is -16.7. The number of aliphatic hydroxyl groups excluding tert-OH is 10. The minimum Gasteiger partial charge on any atom is -0.394 e. The number of rotatable bonds is 17. The Kier molecular flexibility index (Phi) is 17.4. The van der Waals surface area contributed by atoms with Crippen LogP contribution < -0.4 is 0 Å². The average molecular weight is 1070 g/mol. The zero-order valence-corrected chi connectivity index (χ0v) is 43.0. The Balaban J connectivity index is 0.821. The maximum Gasteiger partial charge on any atom is 0.222 e. The lowest BCUT2D eigenvalue weighted by Gasteiger charge is -2.56. The highest BCUT2D eigenvalue weighted by atomic mass is 16.8. The minimum absolute atomic E-state index is 0.0232. The molecule has 0 aromatic heterocycles. The molecule has 9 rings (SSSR count). The van der Waals surface area contributed by atoms with Crippen molar-refractivity contribution in [1.29, 1.82) is 0 Å². The van der Waals surface area contributed by atoms with E-state index in [0.29, 0.717) is 49.4 Å². The Morgan fingerprint density at radius 3 is 2.20 bits per heavy atom. The fourth-order valence-electron chi connectivity index (χ4n) is 13.8. The smallest absolute Gasteiger partial charge is 0.222 e. The first-order chi connectivity index (χ1) is 34.9. The summed E-state index contributed by atoms with van der Waals surface area (Å²) in [5, 5.41) is 139. The Morgan fingerprint density at radius 2 is 1.47 bits per heavy atom. The predicted octanol–water partition coefficient (Wildman–Crippen LogP) is -2.25. The lowest BCUT2D eigenvalue weighted by molar-refractivity contribution is -0.397. The lowest BCUT2D eigenvalue weighted by Crippen LogP contribution is -2.66. The lowest BCUT2D eigenvalue weighted by atomic mass is 9.50. The van der Waals surface area contributed by atoms with Crippen LogP contribution in [0.1, 0.15) is 98.8 Å². The van der Waals surface area contributed by atoms with Gasteiger partial charge in [-0.2, -0.15) is 0 Å². The topological polar surface area (TPSA) is 359 Å². The van der Waals surface area contributed by atoms with Gasteiger partial charge in [0.2, 0.25) is 5.79 Å². The van der Waals surface area contributed by atoms with Crippen LogP contribution in [-0.2, 0) is 47.4 Å². The molecule has 29 atom stereocenters. The fourth-order valence-corrected chi connectivity index (χ4v) is 13.8. The van der Waals surface area contributed by atoms with Crippen molar-refractivity contribution in [3.05, 3.63) is 11.6 Å². The molecule has 9 aliphatic rings. The van der Waals surface area contributed by atoms with E-state index in [0.717, 1.165) is 38.5 Å². The fraction of sp³-hybridized carbons (Fsp3) is 0.961. The molecule has 6 aliphatic heterocycles. The molecule has 0 aromatic rings. The second-order valence-electron chi connectivity index (χ2n) is 23.8. The number of allylic oxidation sites excluding steroid dienone is 1. The van der Waals surface area contributed by atoms with Crippen molar-refractivity contribution in [3.8, 4) is 0 Å². The molecule has 0 radical (unpaired) electrons. The Hall–Kier alpha value is -1.18. The van der Waals surface area contributed by atoms with Crippen molar-refractivity contribution >= 4 is 0 Å². The van der Waals surface area contributed by atoms with E-state index in [-0.39, 0.29) is 43.2 Å². The zero-order chi connectivity index (χ0) is 53.4. The van der Waals surface area contributed by atoms with Gasteiger partial charge in [-0.15, -0.1) is 0 Å². The van der Waals surface area contributed by atoms with Gasteiger partial charge in [-0.3, -0.25) is 0 Å². The third-order valence-corrected chi connectivity index (χ3v) is 18.8. The first-order valence-electron chi connectivity index (χ1n) is 27.0. The second kappa shape index (κ2) is 22.4. The highest BCUT2D eigenvalue weighted by Gasteiger charge is 2.69. The normalized spacial score (nSPS) is 53.9. The van der Waals surface area contributed by atoms with Crippen molar-refractivity contribution in [1.82, 2.24) is 0 Å². The molecule has 0 bridgehead atoms. The van der Waals surface area contributed by atoms with Crippen LogP contribution in [0.3, 0.4) is 0 Å². The van der Waals surface area contributed by atoms with E-state index in [9.17, 15) is 66.4 Å². The van der Waals surface area contributed by atoms with E-state index < -0.39 is 141 Å². The van der Waals surface area contributed by atoms with Crippen LogP contribution >= 0.6 is 0 Å². The standard InChI is InChI=1S/C51H84O23/c1-22(19-65-20-49(62)21-66-32(17-52)34(54)42(49)60)10-13-50(63)24(3)14-28(73-50)16-30-23(2)6-9-31-29(30)8-7-26-15-27(11-12-48(26,31)5)68-47-41(71-45-37(57)35(55)36(56)44(61)72-45)38(58)40(33(18-53)69-47)70-46-39(59)43-51(64,74-43)25(4)67-46/h7,22-25,27-47,52-64H,6,8-21H2,1-5H3. The molecule has 426 valence electrons. The van der Waals surface area contributed by atoms with Crippen LogP contribution in [0, 0.1) is 40.9 Å².